The van der Waals surface area contributed by atoms with Crippen molar-refractivity contribution in [1.82, 2.24) is 10.3 Å². The Morgan fingerprint density at radius 1 is 1.09 bits per heavy atom. The number of nitrogens with one attached hydrogen (secondary N) is 2. The smallest absolute Gasteiger partial charge is 0.257 e. The molecule has 33 heavy (non-hydrogen) atoms. The van der Waals surface area contributed by atoms with Crippen LogP contribution in [0.5, 0.6) is 0 Å². The van der Waals surface area contributed by atoms with E-state index in [1.807, 2.05) is 0 Å². The number of hydrogen-bond donors (Lipinski definition) is 2. The number of amides is 2. The Bertz CT molecular complexity index is 1470. The Balaban J connectivity index is 1.36. The van der Waals surface area contributed by atoms with Gasteiger partial charge in [-0.1, -0.05) is 12.1 Å². The quantitative estimate of drug-likeness (QED) is 0.593. The van der Waals surface area contributed by atoms with Crippen LogP contribution in [0.1, 0.15) is 43.4 Å². The lowest BCUT2D eigenvalue weighted by Gasteiger charge is -2.10. The Labute approximate surface area is 193 Å². The molecule has 166 valence electrons. The second kappa shape index (κ2) is 8.05. The van der Waals surface area contributed by atoms with Crippen LogP contribution >= 0.6 is 11.3 Å². The lowest BCUT2D eigenvalue weighted by atomic mass is 10.1. The summed E-state index contributed by atoms with van der Waals surface area (Å²) in [4.78, 5) is 41.7. The topological polar surface area (TPSA) is 122 Å². The number of hydrogen-bond acceptors (Lipinski definition) is 7. The fourth-order valence-electron chi connectivity index (χ4n) is 3.77. The van der Waals surface area contributed by atoms with Crippen LogP contribution < -0.4 is 10.6 Å². The summed E-state index contributed by atoms with van der Waals surface area (Å²) in [5, 5.41) is 6.15. The molecule has 0 bridgehead atoms. The van der Waals surface area contributed by atoms with Crippen LogP contribution in [-0.4, -0.2) is 31.0 Å². The summed E-state index contributed by atoms with van der Waals surface area (Å²) >= 11 is 1.41. The van der Waals surface area contributed by atoms with E-state index in [-0.39, 0.29) is 38.9 Å². The van der Waals surface area contributed by atoms with Gasteiger partial charge in [-0.25, -0.2) is 13.4 Å². The van der Waals surface area contributed by atoms with Crippen LogP contribution in [0.25, 0.3) is 5.57 Å². The number of benzene rings is 2. The van der Waals surface area contributed by atoms with Crippen molar-refractivity contribution in [3.8, 4) is 0 Å². The molecule has 2 amide bonds. The maximum absolute atomic E-state index is 13.1. The van der Waals surface area contributed by atoms with Crippen LogP contribution in [0.15, 0.2) is 64.5 Å². The number of allylic oxidation sites excluding steroid dienone is 2. The average Bonchev–Trinajstić information content (AvgIpc) is 3.44. The summed E-state index contributed by atoms with van der Waals surface area (Å²) in [5.41, 5.74) is 1.23. The molecule has 1 aromatic heterocycles. The van der Waals surface area contributed by atoms with Gasteiger partial charge in [-0.05, 0) is 48.4 Å². The maximum Gasteiger partial charge on any atom is 0.257 e. The van der Waals surface area contributed by atoms with E-state index in [0.717, 1.165) is 15.5 Å². The van der Waals surface area contributed by atoms with Crippen molar-refractivity contribution < 1.29 is 22.8 Å². The minimum Gasteiger partial charge on any atom is -0.347 e. The summed E-state index contributed by atoms with van der Waals surface area (Å²) in [6.07, 6.45) is 4.44. The van der Waals surface area contributed by atoms with Gasteiger partial charge in [0.1, 0.15) is 5.01 Å². The van der Waals surface area contributed by atoms with Crippen molar-refractivity contribution in [2.75, 3.05) is 5.32 Å². The molecule has 0 saturated carbocycles. The summed E-state index contributed by atoms with van der Waals surface area (Å²) in [6.45, 7) is 0.227. The number of fused-ring (bicyclic) bond motifs is 2. The summed E-state index contributed by atoms with van der Waals surface area (Å²) in [7, 11) is -3.93. The third-order valence-electron chi connectivity index (χ3n) is 5.43. The Hall–Kier alpha value is -3.63. The van der Waals surface area contributed by atoms with E-state index in [0.29, 0.717) is 12.8 Å². The van der Waals surface area contributed by atoms with Gasteiger partial charge in [0.2, 0.25) is 9.84 Å². The van der Waals surface area contributed by atoms with E-state index < -0.39 is 21.7 Å². The van der Waals surface area contributed by atoms with Gasteiger partial charge < -0.3 is 10.6 Å². The van der Waals surface area contributed by atoms with Crippen molar-refractivity contribution in [3.05, 3.63) is 75.7 Å². The fraction of sp³-hybridized carbons (Fsp3) is 0.130. The van der Waals surface area contributed by atoms with Crippen LogP contribution in [-0.2, 0) is 21.2 Å². The third kappa shape index (κ3) is 3.87. The number of aromatic nitrogens is 1. The molecular formula is C23H17N3O5S2. The molecule has 8 nitrogen and oxygen atoms in total. The molecule has 3 aromatic rings. The second-order valence-electron chi connectivity index (χ2n) is 7.61. The monoisotopic (exact) mass is 479 g/mol. The first-order valence-electron chi connectivity index (χ1n) is 10.1. The highest BCUT2D eigenvalue weighted by Crippen LogP contribution is 2.34. The lowest BCUT2D eigenvalue weighted by molar-refractivity contribution is -0.114. The molecule has 0 saturated heterocycles. The number of rotatable bonds is 4. The predicted octanol–water partition coefficient (Wildman–Crippen LogP) is 3.22. The van der Waals surface area contributed by atoms with Crippen molar-refractivity contribution in [2.45, 2.75) is 29.2 Å². The van der Waals surface area contributed by atoms with Crippen LogP contribution in [0.2, 0.25) is 0 Å². The zero-order valence-electron chi connectivity index (χ0n) is 17.1. The number of nitrogens with zero attached hydrogens (tertiary/aromatic N) is 1. The standard InChI is InChI=1S/C23H17N3O5S2/c27-15-7-5-14(9-15)23-25-12-16(32-23)11-24-21(28)13-6-8-20-18(10-13)26-22(29)17-3-1-2-4-19(17)33(20,30)31/h1-4,6,8-10,12H,5,7,11H2,(H,24,28)(H,26,29). The van der Waals surface area contributed by atoms with Crippen molar-refractivity contribution in [3.63, 3.8) is 0 Å². The maximum atomic E-state index is 13.1. The first-order valence-corrected chi connectivity index (χ1v) is 12.4. The SMILES string of the molecule is O=C1C=C(c2ncc(CNC(=O)c3ccc4c(c3)NC(=O)c3ccccc3S4(=O)=O)s2)CC1. The summed E-state index contributed by atoms with van der Waals surface area (Å²) in [6, 6.07) is 10.1. The van der Waals surface area contributed by atoms with E-state index in [1.165, 1.54) is 41.7 Å². The summed E-state index contributed by atoms with van der Waals surface area (Å²) < 4.78 is 26.1. The molecule has 10 heteroatoms. The van der Waals surface area contributed by atoms with E-state index >= 15 is 0 Å². The highest BCUT2D eigenvalue weighted by atomic mass is 32.2. The van der Waals surface area contributed by atoms with E-state index in [4.69, 9.17) is 0 Å². The largest absolute Gasteiger partial charge is 0.347 e. The number of anilines is 1. The molecule has 0 fully saturated rings. The number of thiazole rings is 1. The van der Waals surface area contributed by atoms with E-state index in [9.17, 15) is 22.8 Å². The first kappa shape index (κ1) is 21.2. The van der Waals surface area contributed by atoms with E-state index in [2.05, 4.69) is 15.6 Å². The molecule has 1 aliphatic carbocycles. The molecule has 2 aliphatic rings. The molecule has 5 rings (SSSR count). The van der Waals surface area contributed by atoms with Crippen molar-refractivity contribution >= 4 is 50.0 Å². The Morgan fingerprint density at radius 2 is 1.91 bits per heavy atom. The second-order valence-corrected chi connectivity index (χ2v) is 10.6. The van der Waals surface area contributed by atoms with E-state index in [1.54, 1.807) is 24.4 Å². The predicted molar refractivity (Wildman–Crippen MR) is 122 cm³/mol. The van der Waals surface area contributed by atoms with Gasteiger partial charge in [0.05, 0.1) is 27.6 Å². The van der Waals surface area contributed by atoms with Gasteiger partial charge in [-0.3, -0.25) is 14.4 Å². The lowest BCUT2D eigenvalue weighted by Crippen LogP contribution is -2.22. The molecule has 0 radical (unpaired) electrons. The van der Waals surface area contributed by atoms with Gasteiger partial charge in [0, 0.05) is 23.1 Å². The van der Waals surface area contributed by atoms with Gasteiger partial charge in [0.25, 0.3) is 11.8 Å². The number of ketones is 1. The van der Waals surface area contributed by atoms with Crippen LogP contribution in [0.3, 0.4) is 0 Å². The van der Waals surface area contributed by atoms with Crippen LogP contribution in [0.4, 0.5) is 5.69 Å². The minimum absolute atomic E-state index is 0.0554. The molecule has 1 aliphatic heterocycles. The first-order chi connectivity index (χ1) is 15.8. The summed E-state index contributed by atoms with van der Waals surface area (Å²) in [5.74, 6) is -0.880. The third-order valence-corrected chi connectivity index (χ3v) is 8.37. The highest BCUT2D eigenvalue weighted by molar-refractivity contribution is 7.91. The average molecular weight is 480 g/mol. The molecule has 0 spiro atoms. The molecule has 2 heterocycles. The Morgan fingerprint density at radius 3 is 2.70 bits per heavy atom. The minimum atomic E-state index is -3.93. The fourth-order valence-corrected chi connectivity index (χ4v) is 6.26. The van der Waals surface area contributed by atoms with Crippen molar-refractivity contribution in [1.29, 1.82) is 0 Å². The number of carbonyl (C=O) groups is 3. The Kier molecular flexibility index (Phi) is 5.18. The molecule has 0 unspecified atom stereocenters. The van der Waals surface area contributed by atoms with Crippen LogP contribution in [0, 0.1) is 0 Å². The van der Waals surface area contributed by atoms with Crippen molar-refractivity contribution in [2.24, 2.45) is 0 Å². The number of sulfone groups is 1. The zero-order chi connectivity index (χ0) is 23.2. The molecule has 2 aromatic carbocycles. The molecule has 2 N–H and O–H groups in total. The van der Waals surface area contributed by atoms with Gasteiger partial charge in [-0.15, -0.1) is 11.3 Å². The zero-order valence-corrected chi connectivity index (χ0v) is 18.8. The number of carbonyl (C=O) groups excluding carboxylic acids is 3. The molecular weight excluding hydrogens is 462 g/mol. The van der Waals surface area contributed by atoms with Gasteiger partial charge in [0.15, 0.2) is 5.78 Å². The highest BCUT2D eigenvalue weighted by Gasteiger charge is 2.31. The normalized spacial score (nSPS) is 16.3. The van der Waals surface area contributed by atoms with Gasteiger partial charge in [-0.2, -0.15) is 0 Å². The van der Waals surface area contributed by atoms with Gasteiger partial charge >= 0.3 is 0 Å². The molecule has 0 atom stereocenters.